The number of ether oxygens (including phenoxy) is 1. The van der Waals surface area contributed by atoms with Gasteiger partial charge in [-0.3, -0.25) is 0 Å². The predicted octanol–water partition coefficient (Wildman–Crippen LogP) is 5.27. The number of halogens is 2. The zero-order valence-electron chi connectivity index (χ0n) is 18.0. The van der Waals surface area contributed by atoms with E-state index in [1.165, 1.54) is 4.31 Å². The lowest BCUT2D eigenvalue weighted by Gasteiger charge is -2.31. The van der Waals surface area contributed by atoms with Crippen LogP contribution in [0.25, 0.3) is 16.9 Å². The number of rotatable bonds is 6. The summed E-state index contributed by atoms with van der Waals surface area (Å²) >= 11 is 12.6. The van der Waals surface area contributed by atoms with Gasteiger partial charge < -0.3 is 4.74 Å². The van der Waals surface area contributed by atoms with Gasteiger partial charge >= 0.3 is 0 Å². The van der Waals surface area contributed by atoms with Crippen LogP contribution in [-0.4, -0.2) is 48.0 Å². The average molecular weight is 494 g/mol. The number of para-hydroxylation sites is 1. The SMILES string of the molecule is CCCS(=O)(=O)N1CCOC(c2nn(-c3ccccc3Cl)c(-c3ccc(Cl)cc3)c2C)C1. The number of nitrogens with zero attached hydrogens (tertiary/aromatic N) is 3. The van der Waals surface area contributed by atoms with E-state index in [2.05, 4.69) is 0 Å². The van der Waals surface area contributed by atoms with E-state index in [0.29, 0.717) is 35.3 Å². The van der Waals surface area contributed by atoms with Gasteiger partial charge in [-0.1, -0.05) is 54.4 Å². The summed E-state index contributed by atoms with van der Waals surface area (Å²) in [5.41, 5.74) is 4.14. The number of morpholine rings is 1. The van der Waals surface area contributed by atoms with E-state index in [1.807, 2.05) is 62.4 Å². The number of hydrogen-bond donors (Lipinski definition) is 0. The van der Waals surface area contributed by atoms with Crippen LogP contribution in [0.4, 0.5) is 0 Å². The van der Waals surface area contributed by atoms with Crippen LogP contribution in [0.15, 0.2) is 48.5 Å². The summed E-state index contributed by atoms with van der Waals surface area (Å²) in [7, 11) is -3.32. The molecule has 4 rings (SSSR count). The van der Waals surface area contributed by atoms with Crippen LogP contribution in [-0.2, 0) is 14.8 Å². The minimum Gasteiger partial charge on any atom is -0.369 e. The minimum absolute atomic E-state index is 0.128. The maximum atomic E-state index is 12.7. The van der Waals surface area contributed by atoms with Crippen LogP contribution in [0.3, 0.4) is 0 Å². The highest BCUT2D eigenvalue weighted by Gasteiger charge is 2.33. The molecule has 1 unspecified atom stereocenters. The van der Waals surface area contributed by atoms with E-state index < -0.39 is 16.1 Å². The third kappa shape index (κ3) is 4.58. The van der Waals surface area contributed by atoms with Crippen molar-refractivity contribution in [3.05, 3.63) is 69.8 Å². The Morgan fingerprint density at radius 3 is 2.53 bits per heavy atom. The molecular formula is C23H25Cl2N3O3S. The van der Waals surface area contributed by atoms with E-state index >= 15 is 0 Å². The molecule has 1 aliphatic rings. The molecule has 0 radical (unpaired) electrons. The smallest absolute Gasteiger partial charge is 0.214 e. The van der Waals surface area contributed by atoms with Crippen molar-refractivity contribution < 1.29 is 13.2 Å². The summed E-state index contributed by atoms with van der Waals surface area (Å²) in [6.07, 6.45) is 0.107. The van der Waals surface area contributed by atoms with E-state index in [0.717, 1.165) is 22.5 Å². The maximum absolute atomic E-state index is 12.7. The van der Waals surface area contributed by atoms with Crippen molar-refractivity contribution in [1.82, 2.24) is 14.1 Å². The fourth-order valence-corrected chi connectivity index (χ4v) is 5.83. The van der Waals surface area contributed by atoms with Gasteiger partial charge in [-0.15, -0.1) is 0 Å². The summed E-state index contributed by atoms with van der Waals surface area (Å²) < 4.78 is 34.6. The molecule has 1 saturated heterocycles. The van der Waals surface area contributed by atoms with Gasteiger partial charge in [-0.25, -0.2) is 13.1 Å². The summed E-state index contributed by atoms with van der Waals surface area (Å²) in [5.74, 6) is 0.128. The van der Waals surface area contributed by atoms with E-state index in [4.69, 9.17) is 33.0 Å². The Balaban J connectivity index is 1.81. The molecule has 3 aromatic rings. The van der Waals surface area contributed by atoms with Crippen molar-refractivity contribution in [2.45, 2.75) is 26.4 Å². The lowest BCUT2D eigenvalue weighted by Crippen LogP contribution is -2.43. The first kappa shape index (κ1) is 23.3. The molecule has 1 aliphatic heterocycles. The van der Waals surface area contributed by atoms with Crippen molar-refractivity contribution in [3.63, 3.8) is 0 Å². The Hall–Kier alpha value is -1.90. The van der Waals surface area contributed by atoms with Gasteiger partial charge in [-0.05, 0) is 37.6 Å². The van der Waals surface area contributed by atoms with Gasteiger partial charge in [0.15, 0.2) is 0 Å². The van der Waals surface area contributed by atoms with Gasteiger partial charge in [0.05, 0.1) is 34.5 Å². The Labute approximate surface area is 198 Å². The minimum atomic E-state index is -3.32. The molecule has 0 spiro atoms. The van der Waals surface area contributed by atoms with Crippen molar-refractivity contribution in [2.75, 3.05) is 25.4 Å². The molecule has 2 heterocycles. The first-order chi connectivity index (χ1) is 15.3. The molecule has 0 saturated carbocycles. The van der Waals surface area contributed by atoms with Crippen LogP contribution in [0.2, 0.25) is 10.0 Å². The van der Waals surface area contributed by atoms with Crippen LogP contribution in [0, 0.1) is 6.92 Å². The standard InChI is InChI=1S/C23H25Cl2N3O3S/c1-3-14-32(29,30)27-12-13-31-21(15-27)22-16(2)23(17-8-10-18(24)11-9-17)28(26-22)20-7-5-4-6-19(20)25/h4-11,21H,3,12-15H2,1-2H3. The Morgan fingerprint density at radius 2 is 1.84 bits per heavy atom. The zero-order valence-corrected chi connectivity index (χ0v) is 20.3. The molecule has 9 heteroatoms. The molecule has 1 fully saturated rings. The molecule has 0 bridgehead atoms. The number of aromatic nitrogens is 2. The first-order valence-electron chi connectivity index (χ1n) is 10.5. The van der Waals surface area contributed by atoms with Crippen LogP contribution in [0.5, 0.6) is 0 Å². The van der Waals surface area contributed by atoms with E-state index in [-0.39, 0.29) is 12.3 Å². The highest BCUT2D eigenvalue weighted by molar-refractivity contribution is 7.89. The second-order valence-corrected chi connectivity index (χ2v) is 10.7. The number of hydrogen-bond acceptors (Lipinski definition) is 4. The fourth-order valence-electron chi connectivity index (χ4n) is 3.99. The monoisotopic (exact) mass is 493 g/mol. The molecule has 1 aromatic heterocycles. The highest BCUT2D eigenvalue weighted by Crippen LogP contribution is 2.36. The molecule has 2 aromatic carbocycles. The van der Waals surface area contributed by atoms with E-state index in [9.17, 15) is 8.42 Å². The highest BCUT2D eigenvalue weighted by atomic mass is 35.5. The second-order valence-electron chi connectivity index (χ2n) is 7.76. The molecule has 0 N–H and O–H groups in total. The van der Waals surface area contributed by atoms with Gasteiger partial charge in [0.1, 0.15) is 6.10 Å². The molecule has 0 amide bonds. The van der Waals surface area contributed by atoms with Gasteiger partial charge in [0.25, 0.3) is 0 Å². The second kappa shape index (κ2) is 9.53. The normalized spacial score (nSPS) is 17.6. The largest absolute Gasteiger partial charge is 0.369 e. The lowest BCUT2D eigenvalue weighted by molar-refractivity contribution is -0.00542. The average Bonchev–Trinajstić information content (AvgIpc) is 3.11. The summed E-state index contributed by atoms with van der Waals surface area (Å²) in [5, 5.41) is 6.08. The number of benzene rings is 2. The number of sulfonamides is 1. The zero-order chi connectivity index (χ0) is 22.9. The third-order valence-corrected chi connectivity index (χ3v) is 8.16. The van der Waals surface area contributed by atoms with Gasteiger partial charge in [-0.2, -0.15) is 9.40 Å². The first-order valence-corrected chi connectivity index (χ1v) is 12.9. The lowest BCUT2D eigenvalue weighted by atomic mass is 10.0. The summed E-state index contributed by atoms with van der Waals surface area (Å²) in [6.45, 7) is 4.75. The van der Waals surface area contributed by atoms with Gasteiger partial charge in [0, 0.05) is 29.2 Å². The topological polar surface area (TPSA) is 64.4 Å². The predicted molar refractivity (Wildman–Crippen MR) is 128 cm³/mol. The third-order valence-electron chi connectivity index (χ3n) is 5.55. The van der Waals surface area contributed by atoms with Crippen LogP contribution in [0.1, 0.15) is 30.7 Å². The van der Waals surface area contributed by atoms with Crippen LogP contribution >= 0.6 is 23.2 Å². The van der Waals surface area contributed by atoms with Crippen molar-refractivity contribution in [3.8, 4) is 16.9 Å². The molecule has 1 atom stereocenters. The molecule has 0 aliphatic carbocycles. The van der Waals surface area contributed by atoms with Crippen molar-refractivity contribution in [2.24, 2.45) is 0 Å². The van der Waals surface area contributed by atoms with Gasteiger partial charge in [0.2, 0.25) is 10.0 Å². The Kier molecular flexibility index (Phi) is 6.93. The van der Waals surface area contributed by atoms with Crippen molar-refractivity contribution >= 4 is 33.2 Å². The Morgan fingerprint density at radius 1 is 1.12 bits per heavy atom. The molecule has 6 nitrogen and oxygen atoms in total. The summed E-state index contributed by atoms with van der Waals surface area (Å²) in [6, 6.07) is 15.0. The Bertz CT molecular complexity index is 1210. The van der Waals surface area contributed by atoms with E-state index in [1.54, 1.807) is 4.68 Å². The van der Waals surface area contributed by atoms with Crippen LogP contribution < -0.4 is 0 Å². The quantitative estimate of drug-likeness (QED) is 0.469. The maximum Gasteiger partial charge on any atom is 0.214 e. The summed E-state index contributed by atoms with van der Waals surface area (Å²) in [4.78, 5) is 0. The molecule has 170 valence electrons. The van der Waals surface area contributed by atoms with Crippen molar-refractivity contribution in [1.29, 1.82) is 0 Å². The fraction of sp³-hybridized carbons (Fsp3) is 0.348. The molecular weight excluding hydrogens is 469 g/mol. The molecule has 32 heavy (non-hydrogen) atoms.